The largest absolute Gasteiger partial charge is 0.334 e. The van der Waals surface area contributed by atoms with Gasteiger partial charge in [0.25, 0.3) is 0 Å². The van der Waals surface area contributed by atoms with E-state index >= 15 is 0 Å². The highest BCUT2D eigenvalue weighted by Gasteiger charge is 2.29. The van der Waals surface area contributed by atoms with E-state index in [0.717, 1.165) is 0 Å². The number of carbonyl (C=O) groups is 1. The van der Waals surface area contributed by atoms with Crippen LogP contribution in [-0.2, 0) is 16.9 Å². The summed E-state index contributed by atoms with van der Waals surface area (Å²) >= 11 is 0. The Morgan fingerprint density at radius 3 is 2.84 bits per heavy atom. The van der Waals surface area contributed by atoms with Gasteiger partial charge in [0.2, 0.25) is 0 Å². The van der Waals surface area contributed by atoms with Crippen molar-refractivity contribution in [2.45, 2.75) is 25.4 Å². The molecule has 0 unspecified atom stereocenters. The Balaban J connectivity index is 1.87. The maximum Gasteiger partial charge on any atom is 0.315 e. The molecule has 1 aliphatic rings. The highest BCUT2D eigenvalue weighted by molar-refractivity contribution is 7.91. The molecule has 1 fully saturated rings. The Hall–Kier alpha value is -1.64. The number of nitrogens with zero attached hydrogens (tertiary/aromatic N) is 3. The molecule has 1 aromatic rings. The fraction of sp³-hybridized carbons (Fsp3) is 0.700. The lowest BCUT2D eigenvalue weighted by atomic mass is 10.2. The number of carbonyl (C=O) groups excluding carboxylic acids is 1. The Morgan fingerprint density at radius 1 is 1.58 bits per heavy atom. The number of rotatable bonds is 3. The van der Waals surface area contributed by atoms with Gasteiger partial charge in [-0.25, -0.2) is 13.2 Å². The number of aromatic nitrogens is 3. The van der Waals surface area contributed by atoms with Crippen molar-refractivity contribution in [3.05, 3.63) is 12.2 Å². The fourth-order valence-electron chi connectivity index (χ4n) is 2.08. The minimum atomic E-state index is -2.99. The second-order valence-electron chi connectivity index (χ2n) is 4.74. The van der Waals surface area contributed by atoms with Crippen LogP contribution in [0.1, 0.15) is 25.2 Å². The zero-order chi connectivity index (χ0) is 14.0. The summed E-state index contributed by atoms with van der Waals surface area (Å²) in [4.78, 5) is 11.8. The van der Waals surface area contributed by atoms with Crippen molar-refractivity contribution in [2.75, 3.05) is 11.5 Å². The summed E-state index contributed by atoms with van der Waals surface area (Å²) < 4.78 is 24.3. The summed E-state index contributed by atoms with van der Waals surface area (Å²) in [6.45, 7) is 1.79. The van der Waals surface area contributed by atoms with E-state index < -0.39 is 15.9 Å². The second kappa shape index (κ2) is 5.16. The van der Waals surface area contributed by atoms with E-state index in [1.54, 1.807) is 24.9 Å². The number of sulfone groups is 1. The molecule has 1 aromatic heterocycles. The van der Waals surface area contributed by atoms with Crippen LogP contribution < -0.4 is 10.6 Å². The van der Waals surface area contributed by atoms with Gasteiger partial charge in [0.15, 0.2) is 15.7 Å². The van der Waals surface area contributed by atoms with Gasteiger partial charge in [-0.3, -0.25) is 0 Å². The Kier molecular flexibility index (Phi) is 3.74. The number of amides is 2. The average molecular weight is 287 g/mol. The van der Waals surface area contributed by atoms with Crippen LogP contribution >= 0.6 is 0 Å². The molecular weight excluding hydrogens is 270 g/mol. The molecule has 0 aromatic carbocycles. The van der Waals surface area contributed by atoms with Crippen LogP contribution in [0.5, 0.6) is 0 Å². The van der Waals surface area contributed by atoms with Crippen LogP contribution in [0.15, 0.2) is 6.33 Å². The topological polar surface area (TPSA) is 106 Å². The molecule has 106 valence electrons. The van der Waals surface area contributed by atoms with Gasteiger partial charge in [-0.2, -0.15) is 0 Å². The van der Waals surface area contributed by atoms with Gasteiger partial charge in [0.1, 0.15) is 6.33 Å². The molecule has 9 heteroatoms. The van der Waals surface area contributed by atoms with E-state index in [1.807, 2.05) is 0 Å². The molecule has 0 saturated carbocycles. The number of urea groups is 1. The monoisotopic (exact) mass is 287 g/mol. The second-order valence-corrected chi connectivity index (χ2v) is 6.97. The van der Waals surface area contributed by atoms with Crippen molar-refractivity contribution in [1.82, 2.24) is 25.4 Å². The number of hydrogen-bond acceptors (Lipinski definition) is 5. The quantitative estimate of drug-likeness (QED) is 0.769. The van der Waals surface area contributed by atoms with Crippen molar-refractivity contribution in [1.29, 1.82) is 0 Å². The van der Waals surface area contributed by atoms with Crippen LogP contribution in [0.25, 0.3) is 0 Å². The number of aryl methyl sites for hydroxylation is 1. The third-order valence-corrected chi connectivity index (χ3v) is 4.82. The highest BCUT2D eigenvalue weighted by atomic mass is 32.2. The summed E-state index contributed by atoms with van der Waals surface area (Å²) in [7, 11) is -1.20. The smallest absolute Gasteiger partial charge is 0.315 e. The van der Waals surface area contributed by atoms with Gasteiger partial charge >= 0.3 is 6.03 Å². The van der Waals surface area contributed by atoms with Crippen molar-refractivity contribution >= 4 is 15.9 Å². The standard InChI is InChI=1S/C10H17N5O3S/c1-7(9-14-11-6-15(9)2)12-10(16)13-8-3-4-19(17,18)5-8/h6-8H,3-5H2,1-2H3,(H2,12,13,16)/t7-,8+/m1/s1. The zero-order valence-electron chi connectivity index (χ0n) is 10.8. The molecule has 2 atom stereocenters. The van der Waals surface area contributed by atoms with Crippen LogP contribution in [0.3, 0.4) is 0 Å². The third-order valence-electron chi connectivity index (χ3n) is 3.05. The zero-order valence-corrected chi connectivity index (χ0v) is 11.6. The van der Waals surface area contributed by atoms with Crippen molar-refractivity contribution < 1.29 is 13.2 Å². The van der Waals surface area contributed by atoms with Gasteiger partial charge in [-0.1, -0.05) is 0 Å². The SMILES string of the molecule is C[C@@H](NC(=O)N[C@H]1CCS(=O)(=O)C1)c1nncn1C. The molecule has 2 heterocycles. The summed E-state index contributed by atoms with van der Waals surface area (Å²) in [5.74, 6) is 0.782. The van der Waals surface area contributed by atoms with Gasteiger partial charge in [-0.15, -0.1) is 10.2 Å². The van der Waals surface area contributed by atoms with Crippen LogP contribution in [0, 0.1) is 0 Å². The molecule has 0 radical (unpaired) electrons. The van der Waals surface area contributed by atoms with E-state index in [0.29, 0.717) is 12.2 Å². The molecule has 2 N–H and O–H groups in total. The third kappa shape index (κ3) is 3.43. The summed E-state index contributed by atoms with van der Waals surface area (Å²) in [5.41, 5.74) is 0. The van der Waals surface area contributed by atoms with Crippen molar-refractivity contribution in [3.8, 4) is 0 Å². The fourth-order valence-corrected chi connectivity index (χ4v) is 3.75. The van der Waals surface area contributed by atoms with E-state index in [4.69, 9.17) is 0 Å². The first-order chi connectivity index (χ1) is 8.87. The summed E-state index contributed by atoms with van der Waals surface area (Å²) in [6.07, 6.45) is 2.02. The molecular formula is C10H17N5O3S. The van der Waals surface area contributed by atoms with E-state index in [-0.39, 0.29) is 23.6 Å². The lowest BCUT2D eigenvalue weighted by Crippen LogP contribution is -2.43. The predicted octanol–water partition coefficient (Wildman–Crippen LogP) is -0.638. The Labute approximate surface area is 111 Å². The summed E-state index contributed by atoms with van der Waals surface area (Å²) in [6, 6.07) is -1.00. The molecule has 19 heavy (non-hydrogen) atoms. The molecule has 8 nitrogen and oxygen atoms in total. The molecule has 2 rings (SSSR count). The Bertz CT molecular complexity index is 567. The van der Waals surface area contributed by atoms with Gasteiger partial charge < -0.3 is 15.2 Å². The first kappa shape index (κ1) is 13.8. The summed E-state index contributed by atoms with van der Waals surface area (Å²) in [5, 5.41) is 13.0. The van der Waals surface area contributed by atoms with Crippen molar-refractivity contribution in [2.24, 2.45) is 7.05 Å². The van der Waals surface area contributed by atoms with Gasteiger partial charge in [0.05, 0.1) is 17.5 Å². The van der Waals surface area contributed by atoms with Gasteiger partial charge in [-0.05, 0) is 13.3 Å². The normalized spacial score (nSPS) is 22.9. The van der Waals surface area contributed by atoms with Crippen LogP contribution in [0.2, 0.25) is 0 Å². The first-order valence-electron chi connectivity index (χ1n) is 5.99. The number of hydrogen-bond donors (Lipinski definition) is 2. The predicted molar refractivity (Wildman–Crippen MR) is 68.1 cm³/mol. The van der Waals surface area contributed by atoms with E-state index in [2.05, 4.69) is 20.8 Å². The first-order valence-corrected chi connectivity index (χ1v) is 7.81. The minimum absolute atomic E-state index is 0.0127. The average Bonchev–Trinajstić information content (AvgIpc) is 2.84. The maximum absolute atomic E-state index is 11.8. The van der Waals surface area contributed by atoms with E-state index in [9.17, 15) is 13.2 Å². The molecule has 2 amide bonds. The lowest BCUT2D eigenvalue weighted by Gasteiger charge is -2.16. The molecule has 0 spiro atoms. The number of nitrogens with one attached hydrogen (secondary N) is 2. The minimum Gasteiger partial charge on any atom is -0.334 e. The van der Waals surface area contributed by atoms with Crippen LogP contribution in [-0.4, -0.2) is 46.8 Å². The van der Waals surface area contributed by atoms with Crippen LogP contribution in [0.4, 0.5) is 4.79 Å². The lowest BCUT2D eigenvalue weighted by molar-refractivity contribution is 0.234. The highest BCUT2D eigenvalue weighted by Crippen LogP contribution is 2.12. The van der Waals surface area contributed by atoms with Crippen molar-refractivity contribution in [3.63, 3.8) is 0 Å². The molecule has 1 saturated heterocycles. The van der Waals surface area contributed by atoms with Gasteiger partial charge in [0, 0.05) is 13.1 Å². The maximum atomic E-state index is 11.8. The Morgan fingerprint density at radius 2 is 2.32 bits per heavy atom. The molecule has 0 aliphatic carbocycles. The van der Waals surface area contributed by atoms with E-state index in [1.165, 1.54) is 0 Å². The molecule has 1 aliphatic heterocycles. The molecule has 0 bridgehead atoms.